The highest BCUT2D eigenvalue weighted by molar-refractivity contribution is 7.89. The first-order chi connectivity index (χ1) is 9.87. The standard InChI is InChI=1S/C13H17N3O4S/c1-2-11-13(18)15-7-8-16(11)21(19,20)10-5-3-9(4-6-10)12(14)17/h3-6,11H,2,7-8H2,1H3,(H2,14,17)(H,15,18). The van der Waals surface area contributed by atoms with Crippen LogP contribution in [0.5, 0.6) is 0 Å². The van der Waals surface area contributed by atoms with Gasteiger partial charge in [0.1, 0.15) is 6.04 Å². The minimum Gasteiger partial charge on any atom is -0.366 e. The van der Waals surface area contributed by atoms with Crippen LogP contribution in [0.1, 0.15) is 23.7 Å². The molecule has 21 heavy (non-hydrogen) atoms. The van der Waals surface area contributed by atoms with Gasteiger partial charge in [-0.2, -0.15) is 4.31 Å². The predicted molar refractivity (Wildman–Crippen MR) is 75.9 cm³/mol. The van der Waals surface area contributed by atoms with Crippen molar-refractivity contribution in [3.8, 4) is 0 Å². The average molecular weight is 311 g/mol. The minimum absolute atomic E-state index is 0.0423. The van der Waals surface area contributed by atoms with Gasteiger partial charge in [-0.25, -0.2) is 8.42 Å². The molecule has 0 spiro atoms. The number of rotatable bonds is 4. The van der Waals surface area contributed by atoms with E-state index in [4.69, 9.17) is 5.73 Å². The van der Waals surface area contributed by atoms with E-state index in [0.717, 1.165) is 0 Å². The quantitative estimate of drug-likeness (QED) is 0.794. The van der Waals surface area contributed by atoms with Crippen molar-refractivity contribution >= 4 is 21.8 Å². The summed E-state index contributed by atoms with van der Waals surface area (Å²) in [5.74, 6) is -0.913. The van der Waals surface area contributed by atoms with Crippen LogP contribution in [0.3, 0.4) is 0 Å². The van der Waals surface area contributed by atoms with E-state index in [-0.39, 0.29) is 29.5 Å². The lowest BCUT2D eigenvalue weighted by Crippen LogP contribution is -2.56. The summed E-state index contributed by atoms with van der Waals surface area (Å²) in [6.07, 6.45) is 0.393. The number of primary amides is 1. The lowest BCUT2D eigenvalue weighted by molar-refractivity contribution is -0.126. The zero-order valence-electron chi connectivity index (χ0n) is 11.6. The summed E-state index contributed by atoms with van der Waals surface area (Å²) in [5, 5.41) is 2.65. The van der Waals surface area contributed by atoms with Crippen molar-refractivity contribution in [1.29, 1.82) is 0 Å². The fourth-order valence-electron chi connectivity index (χ4n) is 2.30. The molecule has 0 saturated carbocycles. The molecule has 1 unspecified atom stereocenters. The molecule has 1 fully saturated rings. The molecule has 1 aromatic rings. The molecule has 0 aromatic heterocycles. The number of nitrogens with one attached hydrogen (secondary N) is 1. The number of nitrogens with two attached hydrogens (primary N) is 1. The summed E-state index contributed by atoms with van der Waals surface area (Å²) < 4.78 is 26.4. The van der Waals surface area contributed by atoms with E-state index in [1.807, 2.05) is 0 Å². The van der Waals surface area contributed by atoms with Gasteiger partial charge in [0, 0.05) is 18.7 Å². The number of hydrogen-bond acceptors (Lipinski definition) is 4. The second-order valence-electron chi connectivity index (χ2n) is 4.72. The van der Waals surface area contributed by atoms with Crippen LogP contribution in [0.4, 0.5) is 0 Å². The number of amides is 2. The topological polar surface area (TPSA) is 110 Å². The first-order valence-corrected chi connectivity index (χ1v) is 8.01. The Morgan fingerprint density at radius 3 is 2.52 bits per heavy atom. The van der Waals surface area contributed by atoms with Crippen LogP contribution in [-0.2, 0) is 14.8 Å². The molecular formula is C13H17N3O4S. The van der Waals surface area contributed by atoms with Crippen molar-refractivity contribution in [1.82, 2.24) is 9.62 Å². The van der Waals surface area contributed by atoms with Gasteiger partial charge in [0.15, 0.2) is 0 Å². The number of carbonyl (C=O) groups excluding carboxylic acids is 2. The Hall–Kier alpha value is -1.93. The van der Waals surface area contributed by atoms with Crippen molar-refractivity contribution in [2.24, 2.45) is 5.73 Å². The van der Waals surface area contributed by atoms with Crippen molar-refractivity contribution in [3.05, 3.63) is 29.8 Å². The third kappa shape index (κ3) is 2.91. The zero-order valence-corrected chi connectivity index (χ0v) is 12.4. The maximum absolute atomic E-state index is 12.6. The lowest BCUT2D eigenvalue weighted by atomic mass is 10.2. The number of nitrogens with zero attached hydrogens (tertiary/aromatic N) is 1. The fraction of sp³-hybridized carbons (Fsp3) is 0.385. The SMILES string of the molecule is CCC1C(=O)NCCN1S(=O)(=O)c1ccc(C(N)=O)cc1. The van der Waals surface area contributed by atoms with Gasteiger partial charge in [0.05, 0.1) is 4.90 Å². The molecule has 8 heteroatoms. The smallest absolute Gasteiger partial charge is 0.248 e. The normalized spacial score (nSPS) is 20.0. The van der Waals surface area contributed by atoms with Crippen molar-refractivity contribution in [2.75, 3.05) is 13.1 Å². The molecule has 1 saturated heterocycles. The predicted octanol–water partition coefficient (Wildman–Crippen LogP) is -0.315. The minimum atomic E-state index is -3.78. The lowest BCUT2D eigenvalue weighted by Gasteiger charge is -2.33. The molecule has 1 atom stereocenters. The van der Waals surface area contributed by atoms with E-state index in [0.29, 0.717) is 6.42 Å². The third-order valence-electron chi connectivity index (χ3n) is 3.41. The Morgan fingerprint density at radius 2 is 2.00 bits per heavy atom. The molecule has 0 bridgehead atoms. The van der Waals surface area contributed by atoms with Gasteiger partial charge < -0.3 is 11.1 Å². The second kappa shape index (κ2) is 5.82. The van der Waals surface area contributed by atoms with E-state index in [2.05, 4.69) is 5.32 Å². The highest BCUT2D eigenvalue weighted by Gasteiger charge is 2.37. The van der Waals surface area contributed by atoms with Crippen LogP contribution in [-0.4, -0.2) is 43.7 Å². The number of benzene rings is 1. The number of carbonyl (C=O) groups is 2. The Morgan fingerprint density at radius 1 is 1.38 bits per heavy atom. The Bertz CT molecular complexity index is 654. The van der Waals surface area contributed by atoms with Gasteiger partial charge in [-0.1, -0.05) is 6.92 Å². The van der Waals surface area contributed by atoms with Crippen LogP contribution in [0.15, 0.2) is 29.2 Å². The maximum atomic E-state index is 12.6. The Balaban J connectivity index is 2.36. The summed E-state index contributed by atoms with van der Waals surface area (Å²) >= 11 is 0. The summed E-state index contributed by atoms with van der Waals surface area (Å²) in [6.45, 7) is 2.27. The monoisotopic (exact) mass is 311 g/mol. The molecule has 2 amide bonds. The highest BCUT2D eigenvalue weighted by Crippen LogP contribution is 2.21. The van der Waals surface area contributed by atoms with Crippen LogP contribution >= 0.6 is 0 Å². The molecule has 1 aromatic carbocycles. The molecule has 1 heterocycles. The van der Waals surface area contributed by atoms with Crippen LogP contribution < -0.4 is 11.1 Å². The van der Waals surface area contributed by atoms with Gasteiger partial charge in [-0.05, 0) is 30.7 Å². The van der Waals surface area contributed by atoms with E-state index in [9.17, 15) is 18.0 Å². The summed E-state index contributed by atoms with van der Waals surface area (Å²) in [5.41, 5.74) is 5.36. The first-order valence-electron chi connectivity index (χ1n) is 6.57. The summed E-state index contributed by atoms with van der Waals surface area (Å²) in [7, 11) is -3.78. The van der Waals surface area contributed by atoms with Crippen LogP contribution in [0.25, 0.3) is 0 Å². The molecule has 1 aliphatic heterocycles. The zero-order chi connectivity index (χ0) is 15.6. The van der Waals surface area contributed by atoms with Crippen LogP contribution in [0.2, 0.25) is 0 Å². The van der Waals surface area contributed by atoms with E-state index in [1.54, 1.807) is 6.92 Å². The van der Waals surface area contributed by atoms with E-state index < -0.39 is 22.0 Å². The fourth-order valence-corrected chi connectivity index (χ4v) is 3.96. The molecule has 3 N–H and O–H groups in total. The Kier molecular flexibility index (Phi) is 4.29. The van der Waals surface area contributed by atoms with Crippen molar-refractivity contribution in [3.63, 3.8) is 0 Å². The molecular weight excluding hydrogens is 294 g/mol. The van der Waals surface area contributed by atoms with E-state index in [1.165, 1.54) is 28.6 Å². The van der Waals surface area contributed by atoms with Crippen LogP contribution in [0, 0.1) is 0 Å². The molecule has 0 aliphatic carbocycles. The summed E-state index contributed by atoms with van der Waals surface area (Å²) in [4.78, 5) is 22.8. The maximum Gasteiger partial charge on any atom is 0.248 e. The van der Waals surface area contributed by atoms with E-state index >= 15 is 0 Å². The average Bonchev–Trinajstić information content (AvgIpc) is 2.47. The first kappa shape index (κ1) is 15.5. The number of sulfonamides is 1. The van der Waals surface area contributed by atoms with Gasteiger partial charge in [0.2, 0.25) is 21.8 Å². The van der Waals surface area contributed by atoms with Gasteiger partial charge in [-0.15, -0.1) is 0 Å². The third-order valence-corrected chi connectivity index (χ3v) is 5.34. The molecule has 7 nitrogen and oxygen atoms in total. The van der Waals surface area contributed by atoms with Crippen molar-refractivity contribution < 1.29 is 18.0 Å². The second-order valence-corrected chi connectivity index (χ2v) is 6.61. The molecule has 114 valence electrons. The highest BCUT2D eigenvalue weighted by atomic mass is 32.2. The number of piperazine rings is 1. The van der Waals surface area contributed by atoms with Gasteiger partial charge in [0.25, 0.3) is 0 Å². The van der Waals surface area contributed by atoms with Gasteiger partial charge in [-0.3, -0.25) is 9.59 Å². The van der Waals surface area contributed by atoms with Crippen molar-refractivity contribution in [2.45, 2.75) is 24.3 Å². The summed E-state index contributed by atoms with van der Waals surface area (Å²) in [6, 6.07) is 4.67. The molecule has 2 rings (SSSR count). The van der Waals surface area contributed by atoms with Gasteiger partial charge >= 0.3 is 0 Å². The largest absolute Gasteiger partial charge is 0.366 e. The number of hydrogen-bond donors (Lipinski definition) is 2. The Labute approximate surface area is 123 Å². The molecule has 0 radical (unpaired) electrons. The molecule has 1 aliphatic rings.